The molecule has 0 fully saturated rings. The number of ether oxygens (including phenoxy) is 1. The average Bonchev–Trinajstić information content (AvgIpc) is 3.28. The normalized spacial score (nSPS) is 10.4. The van der Waals surface area contributed by atoms with Crippen LogP contribution in [0.3, 0.4) is 0 Å². The Morgan fingerprint density at radius 1 is 0.967 bits per heavy atom. The van der Waals surface area contributed by atoms with Crippen molar-refractivity contribution in [2.24, 2.45) is 0 Å². The molecule has 4 aromatic rings. The first-order valence-electron chi connectivity index (χ1n) is 9.34. The van der Waals surface area contributed by atoms with Gasteiger partial charge in [-0.1, -0.05) is 18.2 Å². The molecule has 0 radical (unpaired) electrons. The number of para-hydroxylation sites is 1. The first-order valence-corrected chi connectivity index (χ1v) is 9.34. The third-order valence-electron chi connectivity index (χ3n) is 4.36. The maximum Gasteiger partial charge on any atom is 0.276 e. The highest BCUT2D eigenvalue weighted by Crippen LogP contribution is 2.15. The van der Waals surface area contributed by atoms with Gasteiger partial charge in [0.05, 0.1) is 25.0 Å². The van der Waals surface area contributed by atoms with Crippen molar-refractivity contribution in [1.82, 2.24) is 20.0 Å². The molecular weight excluding hydrogens is 380 g/mol. The maximum absolute atomic E-state index is 12.2. The molecule has 2 heterocycles. The summed E-state index contributed by atoms with van der Waals surface area (Å²) in [6, 6.07) is 22.1. The number of rotatable bonds is 7. The molecule has 8 nitrogen and oxygen atoms in total. The van der Waals surface area contributed by atoms with Crippen LogP contribution in [0, 0.1) is 0 Å². The minimum absolute atomic E-state index is 0.244. The van der Waals surface area contributed by atoms with Gasteiger partial charge >= 0.3 is 0 Å². The molecule has 0 saturated heterocycles. The number of nitrogens with one attached hydrogen (secondary N) is 2. The van der Waals surface area contributed by atoms with Crippen LogP contribution in [-0.2, 0) is 6.54 Å². The first kappa shape index (κ1) is 19.1. The van der Waals surface area contributed by atoms with E-state index < -0.39 is 0 Å². The highest BCUT2D eigenvalue weighted by Gasteiger charge is 2.09. The molecule has 30 heavy (non-hydrogen) atoms. The predicted molar refractivity (Wildman–Crippen MR) is 114 cm³/mol. The smallest absolute Gasteiger partial charge is 0.276 e. The molecule has 0 unspecified atom stereocenters. The van der Waals surface area contributed by atoms with Crippen molar-refractivity contribution in [3.63, 3.8) is 0 Å². The molecule has 0 aliphatic rings. The van der Waals surface area contributed by atoms with E-state index in [0.29, 0.717) is 18.1 Å². The van der Waals surface area contributed by atoms with Crippen LogP contribution in [0.1, 0.15) is 16.2 Å². The molecule has 0 bridgehead atoms. The van der Waals surface area contributed by atoms with Crippen LogP contribution >= 0.6 is 0 Å². The van der Waals surface area contributed by atoms with Gasteiger partial charge in [0.25, 0.3) is 5.91 Å². The fraction of sp³-hybridized carbons (Fsp3) is 0.0909. The Balaban J connectivity index is 1.34. The zero-order valence-corrected chi connectivity index (χ0v) is 16.3. The maximum atomic E-state index is 12.2. The molecule has 2 N–H and O–H groups in total. The van der Waals surface area contributed by atoms with Crippen molar-refractivity contribution in [2.45, 2.75) is 6.54 Å². The van der Waals surface area contributed by atoms with Crippen LogP contribution in [0.2, 0.25) is 0 Å². The Morgan fingerprint density at radius 2 is 1.77 bits per heavy atom. The Morgan fingerprint density at radius 3 is 2.47 bits per heavy atom. The van der Waals surface area contributed by atoms with Crippen molar-refractivity contribution < 1.29 is 9.53 Å². The number of hydrogen-bond donors (Lipinski definition) is 2. The van der Waals surface area contributed by atoms with Gasteiger partial charge in [-0.3, -0.25) is 4.79 Å². The highest BCUT2D eigenvalue weighted by molar-refractivity contribution is 6.02. The van der Waals surface area contributed by atoms with Crippen LogP contribution in [0.4, 0.5) is 11.5 Å². The van der Waals surface area contributed by atoms with Crippen LogP contribution < -0.4 is 15.4 Å². The lowest BCUT2D eigenvalue weighted by atomic mass is 10.3. The van der Waals surface area contributed by atoms with E-state index >= 15 is 0 Å². The zero-order chi connectivity index (χ0) is 20.8. The molecule has 4 rings (SSSR count). The van der Waals surface area contributed by atoms with Gasteiger partial charge in [-0.25, -0.2) is 4.68 Å². The average molecular weight is 400 g/mol. The second-order valence-corrected chi connectivity index (χ2v) is 6.43. The lowest BCUT2D eigenvalue weighted by molar-refractivity contribution is 0.102. The van der Waals surface area contributed by atoms with E-state index in [9.17, 15) is 4.79 Å². The number of benzene rings is 2. The van der Waals surface area contributed by atoms with Gasteiger partial charge in [-0.15, -0.1) is 10.2 Å². The van der Waals surface area contributed by atoms with Crippen molar-refractivity contribution in [1.29, 1.82) is 0 Å². The minimum atomic E-state index is -0.307. The molecule has 0 aliphatic heterocycles. The number of amides is 1. The number of methoxy groups -OCH3 is 1. The van der Waals surface area contributed by atoms with E-state index in [-0.39, 0.29) is 11.6 Å². The number of nitrogens with zero attached hydrogens (tertiary/aromatic N) is 4. The van der Waals surface area contributed by atoms with E-state index in [1.54, 1.807) is 23.9 Å². The monoisotopic (exact) mass is 400 g/mol. The molecule has 0 aliphatic carbocycles. The summed E-state index contributed by atoms with van der Waals surface area (Å²) in [5, 5.41) is 18.5. The summed E-state index contributed by atoms with van der Waals surface area (Å²) in [5.41, 5.74) is 2.74. The summed E-state index contributed by atoms with van der Waals surface area (Å²) in [5.74, 6) is 1.05. The van der Waals surface area contributed by atoms with E-state index in [4.69, 9.17) is 4.74 Å². The second kappa shape index (κ2) is 8.87. The van der Waals surface area contributed by atoms with Crippen molar-refractivity contribution in [2.75, 3.05) is 17.7 Å². The molecule has 8 heteroatoms. The van der Waals surface area contributed by atoms with E-state index in [1.807, 2.05) is 66.9 Å². The molecule has 150 valence electrons. The molecule has 0 saturated carbocycles. The SMILES string of the molecule is COc1ccc(-n2ccc(CNc3ccc(C(=O)Nc4ccccc4)nn3)n2)cc1. The quantitative estimate of drug-likeness (QED) is 0.493. The Hall–Kier alpha value is -4.20. The van der Waals surface area contributed by atoms with Gasteiger partial charge < -0.3 is 15.4 Å². The standard InChI is InChI=1S/C22H20N6O2/c1-30-19-9-7-18(8-10-19)28-14-13-17(27-28)15-23-21-12-11-20(25-26-21)22(29)24-16-5-3-2-4-6-16/h2-14H,15H2,1H3,(H,23,26)(H,24,29). The summed E-state index contributed by atoms with van der Waals surface area (Å²) in [6.45, 7) is 0.480. The van der Waals surface area contributed by atoms with Crippen LogP contribution in [0.25, 0.3) is 5.69 Å². The van der Waals surface area contributed by atoms with Gasteiger partial charge in [0.2, 0.25) is 0 Å². The van der Waals surface area contributed by atoms with Crippen LogP contribution in [-0.4, -0.2) is 33.0 Å². The summed E-state index contributed by atoms with van der Waals surface area (Å²) in [6.07, 6.45) is 1.89. The number of hydrogen-bond acceptors (Lipinski definition) is 6. The van der Waals surface area contributed by atoms with Gasteiger partial charge in [-0.05, 0) is 54.6 Å². The van der Waals surface area contributed by atoms with Gasteiger partial charge in [-0.2, -0.15) is 5.10 Å². The first-order chi connectivity index (χ1) is 14.7. The summed E-state index contributed by atoms with van der Waals surface area (Å²) in [7, 11) is 1.64. The van der Waals surface area contributed by atoms with Crippen molar-refractivity contribution >= 4 is 17.4 Å². The molecule has 1 amide bonds. The Kier molecular flexibility index (Phi) is 5.66. The molecule has 0 atom stereocenters. The van der Waals surface area contributed by atoms with Crippen LogP contribution in [0.5, 0.6) is 5.75 Å². The lowest BCUT2D eigenvalue weighted by Crippen LogP contribution is -2.14. The number of carbonyl (C=O) groups is 1. The highest BCUT2D eigenvalue weighted by atomic mass is 16.5. The summed E-state index contributed by atoms with van der Waals surface area (Å²) in [4.78, 5) is 12.2. The number of anilines is 2. The van der Waals surface area contributed by atoms with Crippen molar-refractivity contribution in [3.8, 4) is 11.4 Å². The summed E-state index contributed by atoms with van der Waals surface area (Å²) < 4.78 is 6.96. The van der Waals surface area contributed by atoms with Gasteiger partial charge in [0.1, 0.15) is 11.6 Å². The molecule has 2 aromatic heterocycles. The Bertz CT molecular complexity index is 1110. The van der Waals surface area contributed by atoms with Crippen molar-refractivity contribution in [3.05, 3.63) is 90.4 Å². The van der Waals surface area contributed by atoms with Crippen LogP contribution in [0.15, 0.2) is 79.0 Å². The number of carbonyl (C=O) groups excluding carboxylic acids is 1. The van der Waals surface area contributed by atoms with E-state index in [0.717, 1.165) is 17.1 Å². The third-order valence-corrected chi connectivity index (χ3v) is 4.36. The zero-order valence-electron chi connectivity index (χ0n) is 16.3. The predicted octanol–water partition coefficient (Wildman–Crippen LogP) is 3.54. The van der Waals surface area contributed by atoms with Gasteiger partial charge in [0.15, 0.2) is 5.69 Å². The molecule has 2 aromatic carbocycles. The van der Waals surface area contributed by atoms with E-state index in [2.05, 4.69) is 25.9 Å². The minimum Gasteiger partial charge on any atom is -0.497 e. The fourth-order valence-electron chi connectivity index (χ4n) is 2.78. The summed E-state index contributed by atoms with van der Waals surface area (Å²) >= 11 is 0. The largest absolute Gasteiger partial charge is 0.497 e. The lowest BCUT2D eigenvalue weighted by Gasteiger charge is -2.06. The van der Waals surface area contributed by atoms with E-state index in [1.165, 1.54) is 0 Å². The Labute approximate surface area is 173 Å². The second-order valence-electron chi connectivity index (χ2n) is 6.43. The molecular formula is C22H20N6O2. The number of aromatic nitrogens is 4. The topological polar surface area (TPSA) is 94.0 Å². The fourth-order valence-corrected chi connectivity index (χ4v) is 2.78. The van der Waals surface area contributed by atoms with Gasteiger partial charge in [0, 0.05) is 11.9 Å². The third kappa shape index (κ3) is 4.61. The molecule has 0 spiro atoms.